The summed E-state index contributed by atoms with van der Waals surface area (Å²) in [6, 6.07) is 0. The first kappa shape index (κ1) is 13.7. The van der Waals surface area contributed by atoms with Crippen LogP contribution in [0, 0.1) is 5.41 Å². The van der Waals surface area contributed by atoms with Gasteiger partial charge in [0, 0.05) is 19.0 Å². The monoisotopic (exact) mass is 276 g/mol. The SMILES string of the molecule is CC(C)c1ocnc1C(=O)N1CCC2(CCCC2)CC1. The number of amides is 1. The lowest BCUT2D eigenvalue weighted by Gasteiger charge is -2.39. The first-order valence-electron chi connectivity index (χ1n) is 7.84. The van der Waals surface area contributed by atoms with Crippen molar-refractivity contribution in [3.05, 3.63) is 17.8 Å². The zero-order valence-corrected chi connectivity index (χ0v) is 12.5. The van der Waals surface area contributed by atoms with Gasteiger partial charge in [-0.15, -0.1) is 0 Å². The van der Waals surface area contributed by atoms with Gasteiger partial charge in [0.15, 0.2) is 12.1 Å². The van der Waals surface area contributed by atoms with Gasteiger partial charge >= 0.3 is 0 Å². The zero-order chi connectivity index (χ0) is 14.2. The second kappa shape index (κ2) is 5.23. The van der Waals surface area contributed by atoms with Gasteiger partial charge in [-0.3, -0.25) is 4.79 Å². The Labute approximate surface area is 120 Å². The molecule has 0 aromatic carbocycles. The molecule has 3 rings (SSSR count). The van der Waals surface area contributed by atoms with Crippen LogP contribution < -0.4 is 0 Å². The Morgan fingerprint density at radius 2 is 1.90 bits per heavy atom. The Morgan fingerprint density at radius 1 is 1.25 bits per heavy atom. The third kappa shape index (κ3) is 2.36. The first-order valence-corrected chi connectivity index (χ1v) is 7.84. The molecule has 2 heterocycles. The summed E-state index contributed by atoms with van der Waals surface area (Å²) in [4.78, 5) is 18.7. The third-order valence-corrected chi connectivity index (χ3v) is 5.10. The standard InChI is InChI=1S/C16H24N2O2/c1-12(2)14-13(17-11-20-14)15(19)18-9-7-16(8-10-18)5-3-4-6-16/h11-12H,3-10H2,1-2H3. The zero-order valence-electron chi connectivity index (χ0n) is 12.5. The van der Waals surface area contributed by atoms with Crippen LogP contribution >= 0.6 is 0 Å². The maximum absolute atomic E-state index is 12.6. The molecule has 0 atom stereocenters. The van der Waals surface area contributed by atoms with E-state index in [1.54, 1.807) is 0 Å². The third-order valence-electron chi connectivity index (χ3n) is 5.10. The molecule has 1 amide bonds. The van der Waals surface area contributed by atoms with Crippen molar-refractivity contribution in [2.24, 2.45) is 5.41 Å². The van der Waals surface area contributed by atoms with Crippen molar-refractivity contribution in [2.45, 2.75) is 58.3 Å². The Kier molecular flexibility index (Phi) is 3.57. The van der Waals surface area contributed by atoms with Crippen molar-refractivity contribution in [1.82, 2.24) is 9.88 Å². The number of carbonyl (C=O) groups is 1. The van der Waals surface area contributed by atoms with Gasteiger partial charge in [-0.1, -0.05) is 26.7 Å². The molecular weight excluding hydrogens is 252 g/mol. The molecule has 0 bridgehead atoms. The summed E-state index contributed by atoms with van der Waals surface area (Å²) in [5, 5.41) is 0. The second-order valence-corrected chi connectivity index (χ2v) is 6.72. The molecule has 1 saturated heterocycles. The largest absolute Gasteiger partial charge is 0.447 e. The van der Waals surface area contributed by atoms with Crippen LogP contribution in [-0.4, -0.2) is 28.9 Å². The van der Waals surface area contributed by atoms with E-state index in [0.717, 1.165) is 31.7 Å². The van der Waals surface area contributed by atoms with Crippen molar-refractivity contribution in [3.63, 3.8) is 0 Å². The molecule has 110 valence electrons. The summed E-state index contributed by atoms with van der Waals surface area (Å²) < 4.78 is 5.37. The van der Waals surface area contributed by atoms with Gasteiger partial charge in [-0.05, 0) is 31.1 Å². The molecule has 0 radical (unpaired) electrons. The highest BCUT2D eigenvalue weighted by Gasteiger charge is 2.38. The molecule has 2 aliphatic rings. The first-order chi connectivity index (χ1) is 9.61. The van der Waals surface area contributed by atoms with Gasteiger partial charge in [0.1, 0.15) is 5.76 Å². The number of aromatic nitrogens is 1. The summed E-state index contributed by atoms with van der Waals surface area (Å²) >= 11 is 0. The van der Waals surface area contributed by atoms with Crippen LogP contribution in [-0.2, 0) is 0 Å². The number of likely N-dealkylation sites (tertiary alicyclic amines) is 1. The number of piperidine rings is 1. The summed E-state index contributed by atoms with van der Waals surface area (Å²) in [5.74, 6) is 0.967. The number of hydrogen-bond acceptors (Lipinski definition) is 3. The Balaban J connectivity index is 1.68. The summed E-state index contributed by atoms with van der Waals surface area (Å²) in [6.07, 6.45) is 9.17. The van der Waals surface area contributed by atoms with Crippen molar-refractivity contribution in [1.29, 1.82) is 0 Å². The van der Waals surface area contributed by atoms with Crippen molar-refractivity contribution in [2.75, 3.05) is 13.1 Å². The average molecular weight is 276 g/mol. The lowest BCUT2D eigenvalue weighted by Crippen LogP contribution is -2.42. The van der Waals surface area contributed by atoms with Crippen LogP contribution in [0.25, 0.3) is 0 Å². The highest BCUT2D eigenvalue weighted by atomic mass is 16.3. The van der Waals surface area contributed by atoms with E-state index < -0.39 is 0 Å². The molecule has 2 fully saturated rings. The topological polar surface area (TPSA) is 46.3 Å². The molecule has 1 saturated carbocycles. The van der Waals surface area contributed by atoms with E-state index in [4.69, 9.17) is 4.42 Å². The second-order valence-electron chi connectivity index (χ2n) is 6.72. The van der Waals surface area contributed by atoms with Crippen LogP contribution in [0.3, 0.4) is 0 Å². The predicted octanol–water partition coefficient (Wildman–Crippen LogP) is 3.59. The molecule has 0 unspecified atom stereocenters. The van der Waals surface area contributed by atoms with E-state index in [-0.39, 0.29) is 11.8 Å². The smallest absolute Gasteiger partial charge is 0.276 e. The van der Waals surface area contributed by atoms with Gasteiger partial charge in [0.25, 0.3) is 5.91 Å². The molecule has 1 aliphatic carbocycles. The quantitative estimate of drug-likeness (QED) is 0.829. The Bertz CT molecular complexity index is 476. The molecule has 1 aromatic rings. The number of nitrogens with zero attached hydrogens (tertiary/aromatic N) is 2. The molecule has 4 heteroatoms. The average Bonchev–Trinajstić information content (AvgIpc) is 3.08. The van der Waals surface area contributed by atoms with E-state index in [1.807, 2.05) is 18.7 Å². The van der Waals surface area contributed by atoms with Gasteiger partial charge in [-0.2, -0.15) is 0 Å². The van der Waals surface area contributed by atoms with Gasteiger partial charge in [0.05, 0.1) is 0 Å². The van der Waals surface area contributed by atoms with Crippen LogP contribution in [0.5, 0.6) is 0 Å². The lowest BCUT2D eigenvalue weighted by atomic mass is 9.77. The fourth-order valence-electron chi connectivity index (χ4n) is 3.78. The molecule has 4 nitrogen and oxygen atoms in total. The molecule has 1 aliphatic heterocycles. The van der Waals surface area contributed by atoms with E-state index >= 15 is 0 Å². The Morgan fingerprint density at radius 3 is 2.50 bits per heavy atom. The van der Waals surface area contributed by atoms with E-state index in [1.165, 1.54) is 32.1 Å². The van der Waals surface area contributed by atoms with E-state index in [0.29, 0.717) is 11.1 Å². The maximum Gasteiger partial charge on any atom is 0.276 e. The van der Waals surface area contributed by atoms with Crippen molar-refractivity contribution < 1.29 is 9.21 Å². The van der Waals surface area contributed by atoms with Crippen LogP contribution in [0.1, 0.15) is 74.5 Å². The molecule has 1 aromatic heterocycles. The van der Waals surface area contributed by atoms with Crippen LogP contribution in [0.2, 0.25) is 0 Å². The lowest BCUT2D eigenvalue weighted by molar-refractivity contribution is 0.0580. The minimum absolute atomic E-state index is 0.0512. The van der Waals surface area contributed by atoms with E-state index in [2.05, 4.69) is 4.98 Å². The molecule has 1 spiro atoms. The normalized spacial score (nSPS) is 21.9. The van der Waals surface area contributed by atoms with Gasteiger partial charge < -0.3 is 9.32 Å². The van der Waals surface area contributed by atoms with Crippen molar-refractivity contribution in [3.8, 4) is 0 Å². The molecular formula is C16H24N2O2. The Hall–Kier alpha value is -1.32. The number of hydrogen-bond donors (Lipinski definition) is 0. The van der Waals surface area contributed by atoms with Gasteiger partial charge in [-0.25, -0.2) is 4.98 Å². The summed E-state index contributed by atoms with van der Waals surface area (Å²) in [6.45, 7) is 5.81. The molecule has 0 N–H and O–H groups in total. The predicted molar refractivity (Wildman–Crippen MR) is 76.6 cm³/mol. The maximum atomic E-state index is 12.6. The number of carbonyl (C=O) groups excluding carboxylic acids is 1. The number of oxazole rings is 1. The van der Waals surface area contributed by atoms with Crippen LogP contribution in [0.15, 0.2) is 10.8 Å². The highest BCUT2D eigenvalue weighted by Crippen LogP contribution is 2.46. The fourth-order valence-corrected chi connectivity index (χ4v) is 3.78. The van der Waals surface area contributed by atoms with Crippen LogP contribution in [0.4, 0.5) is 0 Å². The number of rotatable bonds is 2. The minimum Gasteiger partial charge on any atom is -0.447 e. The summed E-state index contributed by atoms with van der Waals surface area (Å²) in [7, 11) is 0. The van der Waals surface area contributed by atoms with Crippen molar-refractivity contribution >= 4 is 5.91 Å². The van der Waals surface area contributed by atoms with E-state index in [9.17, 15) is 4.79 Å². The molecule has 20 heavy (non-hydrogen) atoms. The van der Waals surface area contributed by atoms with Gasteiger partial charge in [0.2, 0.25) is 0 Å². The minimum atomic E-state index is 0.0512. The highest BCUT2D eigenvalue weighted by molar-refractivity contribution is 5.93. The fraction of sp³-hybridized carbons (Fsp3) is 0.750. The summed E-state index contributed by atoms with van der Waals surface area (Å²) in [5.41, 5.74) is 1.06.